The van der Waals surface area contributed by atoms with Gasteiger partial charge in [-0.15, -0.1) is 0 Å². The Morgan fingerprint density at radius 1 is 0.872 bits per heavy atom. The van der Waals surface area contributed by atoms with Crippen molar-refractivity contribution in [2.24, 2.45) is 0 Å². The number of hydrogen-bond acceptors (Lipinski definition) is 5. The molecule has 0 saturated heterocycles. The molecule has 0 radical (unpaired) electrons. The molecule has 2 amide bonds. The van der Waals surface area contributed by atoms with Crippen LogP contribution in [0, 0.1) is 0 Å². The third kappa shape index (κ3) is 5.87. The van der Waals surface area contributed by atoms with Crippen molar-refractivity contribution in [3.05, 3.63) is 88.0 Å². The number of esters is 1. The van der Waals surface area contributed by atoms with Gasteiger partial charge in [-0.1, -0.05) is 45.9 Å². The molecule has 39 heavy (non-hydrogen) atoms. The predicted molar refractivity (Wildman–Crippen MR) is 154 cm³/mol. The number of hydrogen-bond donors (Lipinski definition) is 2. The summed E-state index contributed by atoms with van der Waals surface area (Å²) in [5, 5.41) is 5.62. The molecule has 0 aromatic heterocycles. The number of para-hydroxylation sites is 1. The largest absolute Gasteiger partial charge is 0.496 e. The van der Waals surface area contributed by atoms with Crippen LogP contribution in [0.2, 0.25) is 0 Å². The molecule has 2 N–H and O–H groups in total. The molecule has 2 aliphatic heterocycles. The fourth-order valence-corrected chi connectivity index (χ4v) is 4.78. The quantitative estimate of drug-likeness (QED) is 0.296. The van der Waals surface area contributed by atoms with Gasteiger partial charge in [-0.3, -0.25) is 9.59 Å². The van der Waals surface area contributed by atoms with Gasteiger partial charge in [0.25, 0.3) is 5.91 Å². The minimum atomic E-state index is -0.430. The lowest BCUT2D eigenvalue weighted by atomic mass is 9.90. The molecule has 3 aromatic rings. The van der Waals surface area contributed by atoms with Crippen LogP contribution in [-0.4, -0.2) is 32.0 Å². The number of fused-ring (bicyclic) bond motifs is 2. The smallest absolute Gasteiger partial charge is 0.337 e. The number of anilines is 2. The minimum Gasteiger partial charge on any atom is -0.496 e. The second-order valence-electron chi connectivity index (χ2n) is 10.2. The first-order valence-corrected chi connectivity index (χ1v) is 13.0. The number of rotatable bonds is 5. The summed E-state index contributed by atoms with van der Waals surface area (Å²) in [5.41, 5.74) is 7.54. The minimum absolute atomic E-state index is 0.0983. The molecular weight excluding hydrogens is 492 g/mol. The van der Waals surface area contributed by atoms with Crippen molar-refractivity contribution in [3.63, 3.8) is 0 Å². The molecule has 0 aliphatic carbocycles. The monoisotopic (exact) mass is 526 g/mol. The fourth-order valence-electron chi connectivity index (χ4n) is 4.78. The predicted octanol–water partition coefficient (Wildman–Crippen LogP) is 6.40. The van der Waals surface area contributed by atoms with Crippen molar-refractivity contribution >= 4 is 40.8 Å². The Morgan fingerprint density at radius 3 is 2.13 bits per heavy atom. The molecule has 0 bridgehead atoms. The van der Waals surface area contributed by atoms with E-state index in [1.54, 1.807) is 25.3 Å². The number of benzene rings is 3. The average Bonchev–Trinajstić information content (AvgIpc) is 3.45. The molecule has 2 heterocycles. The van der Waals surface area contributed by atoms with Crippen molar-refractivity contribution in [2.75, 3.05) is 24.9 Å². The van der Waals surface area contributed by atoms with Crippen molar-refractivity contribution in [1.29, 1.82) is 0 Å². The van der Waals surface area contributed by atoms with E-state index in [2.05, 4.69) is 50.5 Å². The number of carbonyl (C=O) groups excluding carboxylic acids is 3. The van der Waals surface area contributed by atoms with Gasteiger partial charge in [-0.05, 0) is 76.6 Å². The Labute approximate surface area is 229 Å². The van der Waals surface area contributed by atoms with E-state index in [9.17, 15) is 14.4 Å². The highest BCUT2D eigenvalue weighted by molar-refractivity contribution is 6.35. The maximum absolute atomic E-state index is 12.6. The summed E-state index contributed by atoms with van der Waals surface area (Å²) in [6, 6.07) is 17.0. The highest BCUT2D eigenvalue weighted by Crippen LogP contribution is 2.38. The molecule has 0 atom stereocenters. The summed E-state index contributed by atoms with van der Waals surface area (Å²) in [6.45, 7) is 8.50. The van der Waals surface area contributed by atoms with E-state index in [-0.39, 0.29) is 23.7 Å². The van der Waals surface area contributed by atoms with Gasteiger partial charge in [0.1, 0.15) is 5.75 Å². The van der Waals surface area contributed by atoms with Crippen molar-refractivity contribution < 1.29 is 23.9 Å². The third-order valence-electron chi connectivity index (χ3n) is 6.79. The molecule has 5 rings (SSSR count). The lowest BCUT2D eigenvalue weighted by molar-refractivity contribution is -0.115. The van der Waals surface area contributed by atoms with E-state index >= 15 is 0 Å². The Morgan fingerprint density at radius 2 is 1.54 bits per heavy atom. The van der Waals surface area contributed by atoms with Crippen LogP contribution in [0.4, 0.5) is 11.4 Å². The standard InChI is InChI=1S/C24H27NO4.C8H7NO/c1-13(2)17-9-15(10-18(14(3)4)22(17)28-5)11-20-19-12-16(24(27)29-6)7-8-21(19)25-23(20)26;10-8-5-6-3-1-2-4-7(6)9-8/h7-14H,1-6H3,(H,25,26);1-4H,5H2,(H,9,10). The third-order valence-corrected chi connectivity index (χ3v) is 6.79. The summed E-state index contributed by atoms with van der Waals surface area (Å²) < 4.78 is 10.5. The first-order chi connectivity index (χ1) is 18.6. The molecule has 2 aliphatic rings. The topological polar surface area (TPSA) is 93.7 Å². The van der Waals surface area contributed by atoms with Gasteiger partial charge in [0.2, 0.25) is 5.91 Å². The molecule has 0 unspecified atom stereocenters. The van der Waals surface area contributed by atoms with Crippen LogP contribution in [0.1, 0.15) is 77.7 Å². The maximum Gasteiger partial charge on any atom is 0.337 e. The van der Waals surface area contributed by atoms with Crippen LogP contribution in [0.5, 0.6) is 5.75 Å². The van der Waals surface area contributed by atoms with Crippen LogP contribution in [0.15, 0.2) is 54.6 Å². The first-order valence-electron chi connectivity index (χ1n) is 13.0. The Balaban J connectivity index is 0.000000292. The Bertz CT molecular complexity index is 1410. The summed E-state index contributed by atoms with van der Waals surface area (Å²) in [7, 11) is 3.04. The molecule has 0 fully saturated rings. The van der Waals surface area contributed by atoms with Crippen molar-refractivity contribution in [1.82, 2.24) is 0 Å². The fraction of sp³-hybridized carbons (Fsp3) is 0.281. The van der Waals surface area contributed by atoms with E-state index in [4.69, 9.17) is 9.47 Å². The lowest BCUT2D eigenvalue weighted by Crippen LogP contribution is -2.04. The summed E-state index contributed by atoms with van der Waals surface area (Å²) >= 11 is 0. The zero-order chi connectivity index (χ0) is 28.3. The van der Waals surface area contributed by atoms with Crippen LogP contribution in [-0.2, 0) is 20.7 Å². The van der Waals surface area contributed by atoms with E-state index < -0.39 is 5.97 Å². The zero-order valence-corrected chi connectivity index (χ0v) is 23.2. The van der Waals surface area contributed by atoms with Crippen LogP contribution in [0.3, 0.4) is 0 Å². The van der Waals surface area contributed by atoms with Gasteiger partial charge in [0, 0.05) is 22.5 Å². The van der Waals surface area contributed by atoms with Gasteiger partial charge >= 0.3 is 5.97 Å². The SMILES string of the molecule is COC(=O)c1ccc2c(c1)C(=Cc1cc(C(C)C)c(OC)c(C(C)C)c1)C(=O)N2.O=C1Cc2ccccc2N1. The summed E-state index contributed by atoms with van der Waals surface area (Å²) in [6.07, 6.45) is 2.41. The van der Waals surface area contributed by atoms with E-state index in [0.717, 1.165) is 33.7 Å². The van der Waals surface area contributed by atoms with Crippen molar-refractivity contribution in [2.45, 2.75) is 46.0 Å². The molecule has 7 nitrogen and oxygen atoms in total. The van der Waals surface area contributed by atoms with Gasteiger partial charge in [0.15, 0.2) is 0 Å². The highest BCUT2D eigenvalue weighted by Gasteiger charge is 2.26. The molecule has 0 spiro atoms. The molecule has 3 aromatic carbocycles. The van der Waals surface area contributed by atoms with Crippen LogP contribution >= 0.6 is 0 Å². The Hall–Kier alpha value is -4.39. The normalized spacial score (nSPS) is 14.4. The number of ether oxygens (including phenoxy) is 2. The number of carbonyl (C=O) groups is 3. The first kappa shape index (κ1) is 27.6. The number of amides is 2. The lowest BCUT2D eigenvalue weighted by Gasteiger charge is -2.19. The van der Waals surface area contributed by atoms with E-state index in [1.807, 2.05) is 30.3 Å². The maximum atomic E-state index is 12.6. The average molecular weight is 527 g/mol. The molecule has 202 valence electrons. The van der Waals surface area contributed by atoms with Gasteiger partial charge in [0.05, 0.1) is 26.2 Å². The molecule has 0 saturated carbocycles. The summed E-state index contributed by atoms with van der Waals surface area (Å²) in [4.78, 5) is 35.3. The molecular formula is C32H34N2O5. The van der Waals surface area contributed by atoms with Crippen LogP contribution < -0.4 is 15.4 Å². The number of methoxy groups -OCH3 is 2. The Kier molecular flexibility index (Phi) is 8.19. The molecule has 7 heteroatoms. The zero-order valence-electron chi connectivity index (χ0n) is 23.2. The highest BCUT2D eigenvalue weighted by atomic mass is 16.5. The van der Waals surface area contributed by atoms with Gasteiger partial charge in [-0.25, -0.2) is 4.79 Å². The van der Waals surface area contributed by atoms with Gasteiger partial charge < -0.3 is 20.1 Å². The number of nitrogens with one attached hydrogen (secondary N) is 2. The van der Waals surface area contributed by atoms with E-state index in [0.29, 0.717) is 28.8 Å². The van der Waals surface area contributed by atoms with Gasteiger partial charge in [-0.2, -0.15) is 0 Å². The second-order valence-corrected chi connectivity index (χ2v) is 10.2. The second kappa shape index (κ2) is 11.6. The van der Waals surface area contributed by atoms with Crippen molar-refractivity contribution in [3.8, 4) is 5.75 Å². The van der Waals surface area contributed by atoms with Crippen LogP contribution in [0.25, 0.3) is 11.6 Å². The van der Waals surface area contributed by atoms with E-state index in [1.165, 1.54) is 7.11 Å². The summed E-state index contributed by atoms with van der Waals surface area (Å²) in [5.74, 6) is 0.936.